The molecule has 1 aliphatic rings. The number of ether oxygens (including phenoxy) is 1. The molecule has 3 N–H and O–H groups in total. The van der Waals surface area contributed by atoms with Crippen molar-refractivity contribution in [3.63, 3.8) is 0 Å². The zero-order valence-electron chi connectivity index (χ0n) is 19.1. The van der Waals surface area contributed by atoms with Crippen LogP contribution in [0.5, 0.6) is 11.8 Å². The minimum atomic E-state index is -0.500. The number of likely N-dealkylation sites (N-methyl/N-ethyl adjacent to an activating group) is 1. The number of nitrogens with one attached hydrogen (secondary N) is 3. The minimum absolute atomic E-state index is 0.0112. The largest absolute Gasteiger partial charge is 0.421 e. The first kappa shape index (κ1) is 21.7. The fourth-order valence-electron chi connectivity index (χ4n) is 4.00. The first-order valence-corrected chi connectivity index (χ1v) is 11.1. The third kappa shape index (κ3) is 4.24. The number of amides is 1. The van der Waals surface area contributed by atoms with Gasteiger partial charge in [0.15, 0.2) is 17.4 Å². The van der Waals surface area contributed by atoms with Crippen molar-refractivity contribution in [1.82, 2.24) is 30.0 Å². The summed E-state index contributed by atoms with van der Waals surface area (Å²) in [6, 6.07) is 8.52. The van der Waals surface area contributed by atoms with Gasteiger partial charge in [-0.25, -0.2) is 4.39 Å². The smallest absolute Gasteiger partial charge is 0.326 e. The average Bonchev–Trinajstić information content (AvgIpc) is 3.40. The molecule has 4 aromatic rings. The number of hydrogen-bond donors (Lipinski definition) is 3. The Morgan fingerprint density at radius 3 is 2.71 bits per heavy atom. The molecule has 0 saturated carbocycles. The van der Waals surface area contributed by atoms with Gasteiger partial charge in [0.25, 0.3) is 0 Å². The highest BCUT2D eigenvalue weighted by molar-refractivity contribution is 5.83. The second kappa shape index (κ2) is 8.65. The van der Waals surface area contributed by atoms with E-state index in [0.717, 1.165) is 11.4 Å². The average molecular weight is 465 g/mol. The van der Waals surface area contributed by atoms with E-state index >= 15 is 4.39 Å². The van der Waals surface area contributed by atoms with Gasteiger partial charge < -0.3 is 24.8 Å². The fraction of sp³-hybridized carbons (Fsp3) is 0.304. The van der Waals surface area contributed by atoms with Gasteiger partial charge in [0.1, 0.15) is 11.6 Å². The zero-order valence-corrected chi connectivity index (χ0v) is 19.1. The monoisotopic (exact) mass is 464 g/mol. The number of carbonyl (C=O) groups excluding carboxylic acids is 1. The predicted octanol–water partition coefficient (Wildman–Crippen LogP) is 3.64. The SMILES string of the molecule is CCN1CCN(c2cc(Nc3cc(C)[nH]n3)nc(Oc3ccc4[nH]c(C)cc4c3F)n2)CC1=O. The third-order valence-corrected chi connectivity index (χ3v) is 5.72. The molecule has 176 valence electrons. The van der Waals surface area contributed by atoms with E-state index in [2.05, 4.69) is 30.5 Å². The molecule has 0 atom stereocenters. The number of halogens is 1. The number of H-pyrrole nitrogens is 2. The molecule has 0 radical (unpaired) electrons. The van der Waals surface area contributed by atoms with E-state index in [-0.39, 0.29) is 24.2 Å². The van der Waals surface area contributed by atoms with Crippen LogP contribution in [-0.2, 0) is 4.79 Å². The van der Waals surface area contributed by atoms with Gasteiger partial charge in [0.05, 0.1) is 6.54 Å². The van der Waals surface area contributed by atoms with Gasteiger partial charge in [-0.2, -0.15) is 15.1 Å². The van der Waals surface area contributed by atoms with Crippen molar-refractivity contribution < 1.29 is 13.9 Å². The number of piperazine rings is 1. The molecular weight excluding hydrogens is 439 g/mol. The number of fused-ring (bicyclic) bond motifs is 1. The second-order valence-corrected chi connectivity index (χ2v) is 8.24. The lowest BCUT2D eigenvalue weighted by Gasteiger charge is -2.34. The summed E-state index contributed by atoms with van der Waals surface area (Å²) in [5, 5.41) is 10.6. The highest BCUT2D eigenvalue weighted by Crippen LogP contribution is 2.31. The quantitative estimate of drug-likeness (QED) is 0.399. The molecule has 0 bridgehead atoms. The Morgan fingerprint density at radius 1 is 1.12 bits per heavy atom. The molecule has 1 saturated heterocycles. The van der Waals surface area contributed by atoms with E-state index in [1.165, 1.54) is 6.07 Å². The lowest BCUT2D eigenvalue weighted by Crippen LogP contribution is -2.50. The summed E-state index contributed by atoms with van der Waals surface area (Å²) in [5.41, 5.74) is 2.41. The van der Waals surface area contributed by atoms with Crippen LogP contribution in [0.25, 0.3) is 10.9 Å². The van der Waals surface area contributed by atoms with Gasteiger partial charge in [-0.1, -0.05) is 0 Å². The van der Waals surface area contributed by atoms with Crippen molar-refractivity contribution in [2.45, 2.75) is 20.8 Å². The summed E-state index contributed by atoms with van der Waals surface area (Å²) in [7, 11) is 0. The van der Waals surface area contributed by atoms with Crippen LogP contribution in [-0.4, -0.2) is 62.1 Å². The van der Waals surface area contributed by atoms with Crippen molar-refractivity contribution in [3.8, 4) is 11.8 Å². The molecule has 1 fully saturated rings. The number of carbonyl (C=O) groups is 1. The van der Waals surface area contributed by atoms with Crippen LogP contribution in [0.1, 0.15) is 18.3 Å². The van der Waals surface area contributed by atoms with Crippen LogP contribution in [0.4, 0.5) is 21.8 Å². The van der Waals surface area contributed by atoms with E-state index in [1.807, 2.05) is 31.7 Å². The van der Waals surface area contributed by atoms with Crippen LogP contribution in [0.3, 0.4) is 0 Å². The topological polar surface area (TPSA) is 115 Å². The van der Waals surface area contributed by atoms with Gasteiger partial charge in [0, 0.05) is 54.1 Å². The Kier molecular flexibility index (Phi) is 5.52. The maximum Gasteiger partial charge on any atom is 0.326 e. The first-order chi connectivity index (χ1) is 16.4. The number of aryl methyl sites for hydroxylation is 2. The molecule has 11 heteroatoms. The van der Waals surface area contributed by atoms with Crippen LogP contribution >= 0.6 is 0 Å². The number of hydrogen-bond acceptors (Lipinski definition) is 7. The zero-order chi connectivity index (χ0) is 23.8. The van der Waals surface area contributed by atoms with Crippen molar-refractivity contribution in [2.75, 3.05) is 36.4 Å². The molecule has 4 heterocycles. The van der Waals surface area contributed by atoms with Crippen LogP contribution in [0.15, 0.2) is 30.3 Å². The molecule has 1 amide bonds. The Labute approximate surface area is 195 Å². The standard InChI is InChI=1S/C23H25FN8O2/c1-4-31-7-8-32(12-21(31)33)20-11-18(26-19-10-14(3)29-30-19)27-23(28-20)34-17-6-5-16-15(22(17)24)9-13(2)25-16/h5-6,9-11,25H,4,7-8,12H2,1-3H3,(H2,26,27,28,29,30). The number of rotatable bonds is 6. The summed E-state index contributed by atoms with van der Waals surface area (Å²) in [6.45, 7) is 7.76. The number of benzene rings is 1. The summed E-state index contributed by atoms with van der Waals surface area (Å²) in [5.74, 6) is 1.01. The molecule has 0 spiro atoms. The maximum absolute atomic E-state index is 15.1. The van der Waals surface area contributed by atoms with Crippen LogP contribution in [0, 0.1) is 19.7 Å². The summed E-state index contributed by atoms with van der Waals surface area (Å²) in [6.07, 6.45) is 0. The molecule has 0 unspecified atom stereocenters. The van der Waals surface area contributed by atoms with E-state index in [9.17, 15) is 4.79 Å². The van der Waals surface area contributed by atoms with Crippen molar-refractivity contribution in [3.05, 3.63) is 47.5 Å². The lowest BCUT2D eigenvalue weighted by atomic mass is 10.2. The third-order valence-electron chi connectivity index (χ3n) is 5.72. The van der Waals surface area contributed by atoms with Crippen molar-refractivity contribution >= 4 is 34.3 Å². The Bertz CT molecular complexity index is 1360. The highest BCUT2D eigenvalue weighted by Gasteiger charge is 2.25. The summed E-state index contributed by atoms with van der Waals surface area (Å²) >= 11 is 0. The number of nitrogens with zero attached hydrogens (tertiary/aromatic N) is 5. The van der Waals surface area contributed by atoms with E-state index in [1.54, 1.807) is 23.1 Å². The van der Waals surface area contributed by atoms with Gasteiger partial charge in [0.2, 0.25) is 5.91 Å². The van der Waals surface area contributed by atoms with E-state index in [0.29, 0.717) is 48.0 Å². The van der Waals surface area contributed by atoms with Crippen LogP contribution < -0.4 is 15.0 Å². The van der Waals surface area contributed by atoms with Crippen molar-refractivity contribution in [1.29, 1.82) is 0 Å². The minimum Gasteiger partial charge on any atom is -0.421 e. The summed E-state index contributed by atoms with van der Waals surface area (Å²) in [4.78, 5) is 28.1. The number of aromatic amines is 2. The maximum atomic E-state index is 15.1. The van der Waals surface area contributed by atoms with E-state index in [4.69, 9.17) is 4.74 Å². The molecule has 5 rings (SSSR count). The Morgan fingerprint density at radius 2 is 1.97 bits per heavy atom. The van der Waals surface area contributed by atoms with Crippen molar-refractivity contribution in [2.24, 2.45) is 0 Å². The second-order valence-electron chi connectivity index (χ2n) is 8.24. The fourth-order valence-corrected chi connectivity index (χ4v) is 4.00. The number of aromatic nitrogens is 5. The first-order valence-electron chi connectivity index (χ1n) is 11.1. The Balaban J connectivity index is 1.49. The molecule has 10 nitrogen and oxygen atoms in total. The highest BCUT2D eigenvalue weighted by atomic mass is 19.1. The van der Waals surface area contributed by atoms with E-state index < -0.39 is 5.82 Å². The molecule has 3 aromatic heterocycles. The van der Waals surface area contributed by atoms with Crippen LogP contribution in [0.2, 0.25) is 0 Å². The molecule has 1 aliphatic heterocycles. The molecule has 0 aliphatic carbocycles. The van der Waals surface area contributed by atoms with Gasteiger partial charge in [-0.05, 0) is 39.0 Å². The Hall–Kier alpha value is -4.15. The summed E-state index contributed by atoms with van der Waals surface area (Å²) < 4.78 is 20.9. The lowest BCUT2D eigenvalue weighted by molar-refractivity contribution is -0.130. The van der Waals surface area contributed by atoms with Gasteiger partial charge in [-0.15, -0.1) is 0 Å². The normalized spacial score (nSPS) is 14.2. The molecular formula is C23H25FN8O2. The molecule has 1 aromatic carbocycles. The van der Waals surface area contributed by atoms with Gasteiger partial charge >= 0.3 is 6.01 Å². The number of anilines is 3. The molecule has 34 heavy (non-hydrogen) atoms. The van der Waals surface area contributed by atoms with Gasteiger partial charge in [-0.3, -0.25) is 9.89 Å². The predicted molar refractivity (Wildman–Crippen MR) is 126 cm³/mol.